The second kappa shape index (κ2) is 7.77. The first-order chi connectivity index (χ1) is 10.6. The molecule has 0 unspecified atom stereocenters. The average Bonchev–Trinajstić information content (AvgIpc) is 2.88. The van der Waals surface area contributed by atoms with E-state index < -0.39 is 4.92 Å². The SMILES string of the molecule is CCOc1ccc2nc(S)sc2c1.O=[N+]([O-])c1ccccc1. The van der Waals surface area contributed by atoms with Crippen molar-refractivity contribution in [2.45, 2.75) is 11.3 Å². The molecule has 0 amide bonds. The van der Waals surface area contributed by atoms with Gasteiger partial charge in [-0.1, -0.05) is 18.2 Å². The zero-order valence-electron chi connectivity index (χ0n) is 11.8. The maximum absolute atomic E-state index is 10.0. The van der Waals surface area contributed by atoms with E-state index in [9.17, 15) is 10.1 Å². The lowest BCUT2D eigenvalue weighted by Crippen LogP contribution is -1.89. The van der Waals surface area contributed by atoms with Crippen molar-refractivity contribution in [1.29, 1.82) is 0 Å². The van der Waals surface area contributed by atoms with Gasteiger partial charge in [-0.2, -0.15) is 0 Å². The highest BCUT2D eigenvalue weighted by molar-refractivity contribution is 7.82. The molecule has 3 rings (SSSR count). The Morgan fingerprint density at radius 1 is 1.27 bits per heavy atom. The van der Waals surface area contributed by atoms with Crippen molar-refractivity contribution in [3.8, 4) is 5.75 Å². The molecule has 0 saturated carbocycles. The second-order valence-electron chi connectivity index (χ2n) is 4.15. The molecule has 0 fully saturated rings. The summed E-state index contributed by atoms with van der Waals surface area (Å²) in [6, 6.07) is 13.8. The van der Waals surface area contributed by atoms with Crippen LogP contribution in [0.2, 0.25) is 0 Å². The van der Waals surface area contributed by atoms with Gasteiger partial charge in [-0.3, -0.25) is 10.1 Å². The lowest BCUT2D eigenvalue weighted by atomic mass is 10.3. The third-order valence-corrected chi connectivity index (χ3v) is 3.82. The van der Waals surface area contributed by atoms with Gasteiger partial charge in [0, 0.05) is 12.1 Å². The van der Waals surface area contributed by atoms with Crippen molar-refractivity contribution in [3.05, 3.63) is 58.6 Å². The largest absolute Gasteiger partial charge is 0.494 e. The summed E-state index contributed by atoms with van der Waals surface area (Å²) < 4.78 is 7.29. The topological polar surface area (TPSA) is 65.3 Å². The Morgan fingerprint density at radius 3 is 2.59 bits per heavy atom. The number of ether oxygens (including phenoxy) is 1. The molecule has 0 radical (unpaired) electrons. The molecule has 1 aromatic heterocycles. The number of non-ortho nitro benzene ring substituents is 1. The Balaban J connectivity index is 0.000000172. The number of nitro benzene ring substituents is 1. The minimum Gasteiger partial charge on any atom is -0.494 e. The van der Waals surface area contributed by atoms with Gasteiger partial charge < -0.3 is 4.74 Å². The fourth-order valence-electron chi connectivity index (χ4n) is 1.70. The highest BCUT2D eigenvalue weighted by Gasteiger charge is 2.01. The van der Waals surface area contributed by atoms with Crippen molar-refractivity contribution in [3.63, 3.8) is 0 Å². The van der Waals surface area contributed by atoms with Crippen LogP contribution < -0.4 is 4.74 Å². The summed E-state index contributed by atoms with van der Waals surface area (Å²) in [5.74, 6) is 0.895. The first-order valence-corrected chi connectivity index (χ1v) is 7.78. The highest BCUT2D eigenvalue weighted by atomic mass is 32.2. The molecule has 0 saturated heterocycles. The molecule has 0 spiro atoms. The number of fused-ring (bicyclic) bond motifs is 1. The normalized spacial score (nSPS) is 9.91. The predicted octanol–water partition coefficient (Wildman–Crippen LogP) is 4.58. The van der Waals surface area contributed by atoms with E-state index in [0.717, 1.165) is 20.3 Å². The van der Waals surface area contributed by atoms with Crippen molar-refractivity contribution < 1.29 is 9.66 Å². The molecule has 0 aliphatic rings. The first kappa shape index (κ1) is 16.3. The van der Waals surface area contributed by atoms with Crippen LogP contribution in [0.25, 0.3) is 10.2 Å². The van der Waals surface area contributed by atoms with Crippen LogP contribution in [0.4, 0.5) is 5.69 Å². The van der Waals surface area contributed by atoms with E-state index in [-0.39, 0.29) is 5.69 Å². The third kappa shape index (κ3) is 4.44. The number of rotatable bonds is 3. The van der Waals surface area contributed by atoms with E-state index >= 15 is 0 Å². The molecular formula is C15H14N2O3S2. The van der Waals surface area contributed by atoms with Crippen LogP contribution in [0.3, 0.4) is 0 Å². The van der Waals surface area contributed by atoms with E-state index in [1.807, 2.05) is 25.1 Å². The Morgan fingerprint density at radius 2 is 2.00 bits per heavy atom. The van der Waals surface area contributed by atoms with Gasteiger partial charge in [0.05, 0.1) is 21.7 Å². The minimum atomic E-state index is -0.417. The zero-order chi connectivity index (χ0) is 15.9. The van der Waals surface area contributed by atoms with Crippen LogP contribution in [0.1, 0.15) is 6.92 Å². The number of nitrogens with zero attached hydrogens (tertiary/aromatic N) is 2. The first-order valence-electron chi connectivity index (χ1n) is 6.52. The van der Waals surface area contributed by atoms with Crippen LogP contribution in [0, 0.1) is 10.1 Å². The molecule has 0 bridgehead atoms. The van der Waals surface area contributed by atoms with Crippen LogP contribution in [0.15, 0.2) is 52.9 Å². The lowest BCUT2D eigenvalue weighted by molar-refractivity contribution is -0.384. The van der Waals surface area contributed by atoms with Crippen molar-refractivity contribution in [2.24, 2.45) is 0 Å². The quantitative estimate of drug-likeness (QED) is 0.432. The molecule has 2 aromatic carbocycles. The molecule has 5 nitrogen and oxygen atoms in total. The van der Waals surface area contributed by atoms with Gasteiger partial charge in [0.1, 0.15) is 10.1 Å². The van der Waals surface area contributed by atoms with Crippen molar-refractivity contribution >= 4 is 39.9 Å². The van der Waals surface area contributed by atoms with Gasteiger partial charge in [0.2, 0.25) is 0 Å². The molecular weight excluding hydrogens is 320 g/mol. The van der Waals surface area contributed by atoms with Gasteiger partial charge in [-0.05, 0) is 25.1 Å². The summed E-state index contributed by atoms with van der Waals surface area (Å²) in [4.78, 5) is 13.8. The van der Waals surface area contributed by atoms with Crippen molar-refractivity contribution in [2.75, 3.05) is 6.61 Å². The number of para-hydroxylation sites is 1. The van der Waals surface area contributed by atoms with Crippen LogP contribution in [0.5, 0.6) is 5.75 Å². The number of hydrogen-bond donors (Lipinski definition) is 1. The summed E-state index contributed by atoms with van der Waals surface area (Å²) in [5.41, 5.74) is 1.12. The van der Waals surface area contributed by atoms with Crippen molar-refractivity contribution in [1.82, 2.24) is 4.98 Å². The maximum atomic E-state index is 10.0. The van der Waals surface area contributed by atoms with Crippen LogP contribution >= 0.6 is 24.0 Å². The summed E-state index contributed by atoms with van der Waals surface area (Å²) in [6.45, 7) is 2.67. The number of aromatic nitrogens is 1. The van der Waals surface area contributed by atoms with Crippen LogP contribution in [-0.4, -0.2) is 16.5 Å². The number of thiol groups is 1. The summed E-state index contributed by atoms with van der Waals surface area (Å²) in [5, 5.41) is 10.0. The number of thiazole rings is 1. The standard InChI is InChI=1S/C9H9NOS2.C6H5NO2/c1-2-11-6-3-4-7-8(5-6)13-9(12)10-7;8-7(9)6-4-2-1-3-5-6/h3-5H,2H2,1H3,(H,10,12);1-5H. The predicted molar refractivity (Wildman–Crippen MR) is 91.1 cm³/mol. The molecule has 0 N–H and O–H groups in total. The summed E-state index contributed by atoms with van der Waals surface area (Å²) in [6.07, 6.45) is 0. The molecule has 0 atom stereocenters. The van der Waals surface area contributed by atoms with Gasteiger partial charge in [0.25, 0.3) is 5.69 Å². The maximum Gasteiger partial charge on any atom is 0.269 e. The van der Waals surface area contributed by atoms with E-state index in [1.165, 1.54) is 12.1 Å². The molecule has 0 aliphatic heterocycles. The Bertz CT molecular complexity index is 760. The second-order valence-corrected chi connectivity index (χ2v) is 5.91. The fourth-order valence-corrected chi connectivity index (χ4v) is 2.84. The van der Waals surface area contributed by atoms with E-state index in [2.05, 4.69) is 17.6 Å². The molecule has 22 heavy (non-hydrogen) atoms. The monoisotopic (exact) mass is 334 g/mol. The van der Waals surface area contributed by atoms with Gasteiger partial charge >= 0.3 is 0 Å². The van der Waals surface area contributed by atoms with Gasteiger partial charge in [0.15, 0.2) is 0 Å². The molecule has 1 heterocycles. The minimum absolute atomic E-state index is 0.137. The van der Waals surface area contributed by atoms with E-state index in [1.54, 1.807) is 29.5 Å². The number of hydrogen-bond acceptors (Lipinski definition) is 6. The molecule has 0 aliphatic carbocycles. The smallest absolute Gasteiger partial charge is 0.269 e. The summed E-state index contributed by atoms with van der Waals surface area (Å²) in [7, 11) is 0. The van der Waals surface area contributed by atoms with Gasteiger partial charge in [-0.15, -0.1) is 24.0 Å². The summed E-state index contributed by atoms with van der Waals surface area (Å²) >= 11 is 5.76. The third-order valence-electron chi connectivity index (χ3n) is 2.63. The Hall–Kier alpha value is -2.12. The fraction of sp³-hybridized carbons (Fsp3) is 0.133. The molecule has 114 valence electrons. The molecule has 7 heteroatoms. The number of nitro groups is 1. The highest BCUT2D eigenvalue weighted by Crippen LogP contribution is 2.27. The Kier molecular flexibility index (Phi) is 5.74. The van der Waals surface area contributed by atoms with E-state index in [0.29, 0.717) is 6.61 Å². The average molecular weight is 334 g/mol. The molecule has 3 aromatic rings. The van der Waals surface area contributed by atoms with Crippen LogP contribution in [-0.2, 0) is 0 Å². The van der Waals surface area contributed by atoms with Gasteiger partial charge in [-0.25, -0.2) is 4.98 Å². The van der Waals surface area contributed by atoms with E-state index in [4.69, 9.17) is 4.74 Å². The number of benzene rings is 2. The Labute approximate surface area is 137 Å². The zero-order valence-corrected chi connectivity index (χ0v) is 13.5. The lowest BCUT2D eigenvalue weighted by Gasteiger charge is -2.00.